The lowest BCUT2D eigenvalue weighted by Gasteiger charge is -2.11. The van der Waals surface area contributed by atoms with Crippen molar-refractivity contribution in [2.45, 2.75) is 32.1 Å². The summed E-state index contributed by atoms with van der Waals surface area (Å²) in [5, 5.41) is 2.53. The molecule has 0 saturated carbocycles. The molecule has 1 amide bonds. The highest BCUT2D eigenvalue weighted by Gasteiger charge is 2.16. The molecule has 0 aliphatic carbocycles. The number of hydrogen-bond acceptors (Lipinski definition) is 5. The molecule has 2 rings (SSSR count). The maximum Gasteiger partial charge on any atom is 0.338 e. The van der Waals surface area contributed by atoms with Crippen molar-refractivity contribution in [2.75, 3.05) is 19.0 Å². The predicted molar refractivity (Wildman–Crippen MR) is 111 cm³/mol. The van der Waals surface area contributed by atoms with E-state index in [1.807, 2.05) is 12.1 Å². The van der Waals surface area contributed by atoms with Crippen molar-refractivity contribution in [1.29, 1.82) is 0 Å². The number of carbonyl (C=O) groups excluding carboxylic acids is 2. The Balaban J connectivity index is 1.96. The molecule has 156 valence electrons. The zero-order valence-corrected chi connectivity index (χ0v) is 17.8. The molecule has 29 heavy (non-hydrogen) atoms. The van der Waals surface area contributed by atoms with Crippen molar-refractivity contribution in [2.24, 2.45) is 5.92 Å². The first-order valence-corrected chi connectivity index (χ1v) is 10.7. The number of sulfonamides is 1. The summed E-state index contributed by atoms with van der Waals surface area (Å²) in [7, 11) is -2.33. The zero-order valence-electron chi connectivity index (χ0n) is 17.0. The number of carbonyl (C=O) groups is 2. The summed E-state index contributed by atoms with van der Waals surface area (Å²) in [6.07, 6.45) is 0.916. The lowest BCUT2D eigenvalue weighted by Crippen LogP contribution is -2.22. The molecule has 0 bridgehead atoms. The molecule has 0 aliphatic rings. The highest BCUT2D eigenvalue weighted by atomic mass is 32.2. The van der Waals surface area contributed by atoms with Gasteiger partial charge in [0.25, 0.3) is 5.91 Å². The maximum absolute atomic E-state index is 12.1. The van der Waals surface area contributed by atoms with E-state index >= 15 is 0 Å². The molecule has 2 aromatic carbocycles. The molecule has 0 heterocycles. The molecule has 0 aromatic heterocycles. The van der Waals surface area contributed by atoms with Crippen LogP contribution in [0.25, 0.3) is 0 Å². The van der Waals surface area contributed by atoms with Crippen molar-refractivity contribution >= 4 is 27.6 Å². The number of nitrogens with one attached hydrogen (secondary N) is 2. The van der Waals surface area contributed by atoms with Crippen molar-refractivity contribution in [3.05, 3.63) is 59.2 Å². The average Bonchev–Trinajstić information content (AvgIpc) is 2.67. The second kappa shape index (κ2) is 9.67. The van der Waals surface area contributed by atoms with Crippen LogP contribution in [0.15, 0.2) is 47.4 Å². The Morgan fingerprint density at radius 1 is 1.07 bits per heavy atom. The summed E-state index contributed by atoms with van der Waals surface area (Å²) >= 11 is 0. The molecule has 0 unspecified atom stereocenters. The fourth-order valence-corrected chi connectivity index (χ4v) is 3.73. The van der Waals surface area contributed by atoms with Gasteiger partial charge in [0.15, 0.2) is 6.61 Å². The number of rotatable bonds is 8. The van der Waals surface area contributed by atoms with E-state index in [0.29, 0.717) is 22.7 Å². The van der Waals surface area contributed by atoms with Crippen molar-refractivity contribution in [1.82, 2.24) is 4.72 Å². The van der Waals surface area contributed by atoms with Gasteiger partial charge in [-0.3, -0.25) is 4.79 Å². The summed E-state index contributed by atoms with van der Waals surface area (Å²) < 4.78 is 31.3. The molecule has 0 aliphatic heterocycles. The highest BCUT2D eigenvalue weighted by Crippen LogP contribution is 2.20. The third-order valence-corrected chi connectivity index (χ3v) is 5.75. The van der Waals surface area contributed by atoms with E-state index in [0.717, 1.165) is 12.0 Å². The van der Waals surface area contributed by atoms with Crippen LogP contribution in [0, 0.1) is 12.8 Å². The van der Waals surface area contributed by atoms with Crippen molar-refractivity contribution < 1.29 is 22.7 Å². The molecule has 2 N–H and O–H groups in total. The van der Waals surface area contributed by atoms with Gasteiger partial charge >= 0.3 is 5.97 Å². The first kappa shape index (κ1) is 22.6. The molecule has 2 aromatic rings. The summed E-state index contributed by atoms with van der Waals surface area (Å²) in [6, 6.07) is 11.6. The SMILES string of the molecule is CNS(=O)(=O)c1cc(NC(=O)COC(=O)c2ccc(CC(C)C)cc2)ccc1C. The largest absolute Gasteiger partial charge is 0.452 e. The van der Waals surface area contributed by atoms with Crippen molar-refractivity contribution in [3.63, 3.8) is 0 Å². The average molecular weight is 419 g/mol. The van der Waals surface area contributed by atoms with Crippen LogP contribution in [0.1, 0.15) is 35.3 Å². The Morgan fingerprint density at radius 2 is 1.72 bits per heavy atom. The van der Waals surface area contributed by atoms with Gasteiger partial charge in [0, 0.05) is 5.69 Å². The molecule has 0 radical (unpaired) electrons. The Labute approximate surface area is 171 Å². The predicted octanol–water partition coefficient (Wildman–Crippen LogP) is 2.90. The van der Waals surface area contributed by atoms with E-state index in [9.17, 15) is 18.0 Å². The van der Waals surface area contributed by atoms with Crippen LogP contribution < -0.4 is 10.0 Å². The first-order valence-electron chi connectivity index (χ1n) is 9.22. The van der Waals surface area contributed by atoms with Gasteiger partial charge in [-0.25, -0.2) is 17.9 Å². The van der Waals surface area contributed by atoms with Gasteiger partial charge in [0.1, 0.15) is 0 Å². The van der Waals surface area contributed by atoms with Gasteiger partial charge in [-0.05, 0) is 61.7 Å². The summed E-state index contributed by atoms with van der Waals surface area (Å²) in [5.41, 5.74) is 2.33. The second-order valence-electron chi connectivity index (χ2n) is 7.11. The number of anilines is 1. The van der Waals surface area contributed by atoms with Crippen LogP contribution in [0.5, 0.6) is 0 Å². The van der Waals surface area contributed by atoms with Crippen LogP contribution in [0.2, 0.25) is 0 Å². The summed E-state index contributed by atoms with van der Waals surface area (Å²) in [4.78, 5) is 24.3. The Bertz CT molecular complexity index is 983. The van der Waals surface area contributed by atoms with Gasteiger partial charge in [0.05, 0.1) is 10.5 Å². The minimum atomic E-state index is -3.65. The van der Waals surface area contributed by atoms with Gasteiger partial charge < -0.3 is 10.1 Å². The lowest BCUT2D eigenvalue weighted by atomic mass is 10.0. The minimum absolute atomic E-state index is 0.0660. The molecule has 8 heteroatoms. The molecule has 0 spiro atoms. The van der Waals surface area contributed by atoms with E-state index in [1.54, 1.807) is 31.2 Å². The van der Waals surface area contributed by atoms with Crippen LogP contribution in [0.3, 0.4) is 0 Å². The Kier molecular flexibility index (Phi) is 7.53. The van der Waals surface area contributed by atoms with Gasteiger partial charge in [0.2, 0.25) is 10.0 Å². The number of amides is 1. The molecule has 7 nitrogen and oxygen atoms in total. The third-order valence-electron chi connectivity index (χ3n) is 4.20. The number of ether oxygens (including phenoxy) is 1. The molecule has 0 fully saturated rings. The Hall–Kier alpha value is -2.71. The molecule has 0 saturated heterocycles. The zero-order chi connectivity index (χ0) is 21.6. The second-order valence-corrected chi connectivity index (χ2v) is 8.96. The Morgan fingerprint density at radius 3 is 2.31 bits per heavy atom. The van der Waals surface area contributed by atoms with E-state index < -0.39 is 28.5 Å². The monoisotopic (exact) mass is 418 g/mol. The van der Waals surface area contributed by atoms with Crippen LogP contribution >= 0.6 is 0 Å². The van der Waals surface area contributed by atoms with E-state index in [2.05, 4.69) is 23.9 Å². The molecular weight excluding hydrogens is 392 g/mol. The van der Waals surface area contributed by atoms with Gasteiger partial charge in [-0.15, -0.1) is 0 Å². The fourth-order valence-electron chi connectivity index (χ4n) is 2.74. The topological polar surface area (TPSA) is 102 Å². The van der Waals surface area contributed by atoms with Crippen LogP contribution in [-0.2, 0) is 26.0 Å². The van der Waals surface area contributed by atoms with E-state index in [-0.39, 0.29) is 4.90 Å². The quantitative estimate of drug-likeness (QED) is 0.642. The molecular formula is C21H26N2O5S. The molecule has 0 atom stereocenters. The van der Waals surface area contributed by atoms with Gasteiger partial charge in [-0.1, -0.05) is 32.0 Å². The lowest BCUT2D eigenvalue weighted by molar-refractivity contribution is -0.119. The smallest absolute Gasteiger partial charge is 0.338 e. The van der Waals surface area contributed by atoms with E-state index in [1.165, 1.54) is 13.1 Å². The van der Waals surface area contributed by atoms with Gasteiger partial charge in [-0.2, -0.15) is 0 Å². The summed E-state index contributed by atoms with van der Waals surface area (Å²) in [6.45, 7) is 5.41. The maximum atomic E-state index is 12.1. The number of esters is 1. The number of aryl methyl sites for hydroxylation is 1. The number of benzene rings is 2. The minimum Gasteiger partial charge on any atom is -0.452 e. The normalized spacial score (nSPS) is 11.3. The van der Waals surface area contributed by atoms with E-state index in [4.69, 9.17) is 4.74 Å². The third kappa shape index (κ3) is 6.40. The highest BCUT2D eigenvalue weighted by molar-refractivity contribution is 7.89. The van der Waals surface area contributed by atoms with Crippen molar-refractivity contribution in [3.8, 4) is 0 Å². The van der Waals surface area contributed by atoms with Crippen LogP contribution in [0.4, 0.5) is 5.69 Å². The fraction of sp³-hybridized carbons (Fsp3) is 0.333. The van der Waals surface area contributed by atoms with Crippen LogP contribution in [-0.4, -0.2) is 33.9 Å². The first-order chi connectivity index (χ1) is 13.6. The summed E-state index contributed by atoms with van der Waals surface area (Å²) in [5.74, 6) is -0.646. The standard InChI is InChI=1S/C21H26N2O5S/c1-14(2)11-16-6-8-17(9-7-16)21(25)28-13-20(24)23-18-10-5-15(3)19(12-18)29(26,27)22-4/h5-10,12,14,22H,11,13H2,1-4H3,(H,23,24). The number of hydrogen-bond donors (Lipinski definition) is 2.